The van der Waals surface area contributed by atoms with E-state index in [0.717, 1.165) is 48.8 Å². The molecule has 0 aromatic carbocycles. The first-order valence-corrected chi connectivity index (χ1v) is 11.5. The van der Waals surface area contributed by atoms with Crippen LogP contribution in [0, 0.1) is 12.3 Å². The summed E-state index contributed by atoms with van der Waals surface area (Å²) in [7, 11) is -3.48. The summed E-state index contributed by atoms with van der Waals surface area (Å²) in [5, 5.41) is 0. The van der Waals surface area contributed by atoms with Gasteiger partial charge in [0.05, 0.1) is 11.9 Å². The molecule has 1 N–H and O–H groups in total. The maximum absolute atomic E-state index is 12.7. The van der Waals surface area contributed by atoms with Crippen molar-refractivity contribution in [2.45, 2.75) is 59.9 Å². The highest BCUT2D eigenvalue weighted by atomic mass is 32.2. The summed E-state index contributed by atoms with van der Waals surface area (Å²) in [6.45, 7) is 8.89. The van der Waals surface area contributed by atoms with Crippen LogP contribution in [0.4, 0.5) is 5.95 Å². The third-order valence-electron chi connectivity index (χ3n) is 5.01. The van der Waals surface area contributed by atoms with Gasteiger partial charge in [0.25, 0.3) is 5.56 Å². The van der Waals surface area contributed by atoms with Crippen molar-refractivity contribution in [2.24, 2.45) is 5.41 Å². The molecule has 2 aromatic heterocycles. The molecule has 0 unspecified atom stereocenters. The monoisotopic (exact) mass is 404 g/mol. The standard InChI is InChI=1S/C20H28N4O3S/c1-6-7-8-14-11-21-19(23-28(5,26)27)22-17(14)15-9-13(2)18(25)24-12-20(3,4)10-16(15)24/h9,11H,6-8,10,12H2,1-5H3,(H,21,22,23). The second-order valence-electron chi connectivity index (χ2n) is 8.47. The van der Waals surface area contributed by atoms with E-state index in [4.69, 9.17) is 0 Å². The predicted molar refractivity (Wildman–Crippen MR) is 111 cm³/mol. The molecule has 0 amide bonds. The Kier molecular flexibility index (Phi) is 5.36. The number of aryl methyl sites for hydroxylation is 2. The minimum Gasteiger partial charge on any atom is -0.311 e. The van der Waals surface area contributed by atoms with Crippen LogP contribution < -0.4 is 10.3 Å². The summed E-state index contributed by atoms with van der Waals surface area (Å²) in [5.74, 6) is 0.0533. The molecule has 0 aliphatic carbocycles. The van der Waals surface area contributed by atoms with Gasteiger partial charge in [0.2, 0.25) is 16.0 Å². The van der Waals surface area contributed by atoms with Crippen molar-refractivity contribution in [3.63, 3.8) is 0 Å². The van der Waals surface area contributed by atoms with Crippen LogP contribution in [0.25, 0.3) is 11.3 Å². The Hall–Kier alpha value is -2.22. The number of sulfonamides is 1. The number of hydrogen-bond acceptors (Lipinski definition) is 5. The first-order valence-electron chi connectivity index (χ1n) is 9.58. The van der Waals surface area contributed by atoms with Gasteiger partial charge in [0.15, 0.2) is 0 Å². The lowest BCUT2D eigenvalue weighted by molar-refractivity contribution is 0.357. The maximum Gasteiger partial charge on any atom is 0.253 e. The molecule has 2 aromatic rings. The zero-order chi connectivity index (χ0) is 20.7. The van der Waals surface area contributed by atoms with Gasteiger partial charge in [-0.05, 0) is 43.2 Å². The van der Waals surface area contributed by atoms with Gasteiger partial charge >= 0.3 is 0 Å². The Morgan fingerprint density at radius 2 is 2.04 bits per heavy atom. The Balaban J connectivity index is 2.22. The van der Waals surface area contributed by atoms with Crippen molar-refractivity contribution >= 4 is 16.0 Å². The molecule has 3 heterocycles. The lowest BCUT2D eigenvalue weighted by atomic mass is 9.89. The van der Waals surface area contributed by atoms with Crippen LogP contribution in [0.3, 0.4) is 0 Å². The first-order chi connectivity index (χ1) is 13.0. The predicted octanol–water partition coefficient (Wildman–Crippen LogP) is 2.91. The smallest absolute Gasteiger partial charge is 0.253 e. The zero-order valence-corrected chi connectivity index (χ0v) is 18.0. The molecular formula is C20H28N4O3S. The van der Waals surface area contributed by atoms with Gasteiger partial charge in [0, 0.05) is 29.6 Å². The molecule has 0 saturated carbocycles. The minimum atomic E-state index is -3.48. The van der Waals surface area contributed by atoms with Gasteiger partial charge < -0.3 is 4.57 Å². The first kappa shape index (κ1) is 20.5. The molecule has 8 heteroatoms. The van der Waals surface area contributed by atoms with E-state index in [9.17, 15) is 13.2 Å². The quantitative estimate of drug-likeness (QED) is 0.799. The minimum absolute atomic E-state index is 0.0147. The molecule has 0 bridgehead atoms. The number of pyridine rings is 1. The lowest BCUT2D eigenvalue weighted by Gasteiger charge is -2.15. The van der Waals surface area contributed by atoms with Gasteiger partial charge in [-0.3, -0.25) is 9.52 Å². The molecule has 1 aliphatic rings. The van der Waals surface area contributed by atoms with Crippen LogP contribution in [0.5, 0.6) is 0 Å². The Morgan fingerprint density at radius 3 is 2.68 bits per heavy atom. The third kappa shape index (κ3) is 4.27. The van der Waals surface area contributed by atoms with E-state index in [1.807, 2.05) is 17.6 Å². The summed E-state index contributed by atoms with van der Waals surface area (Å²) in [4.78, 5) is 21.4. The van der Waals surface area contributed by atoms with Gasteiger partial charge in [-0.15, -0.1) is 0 Å². The maximum atomic E-state index is 12.7. The average molecular weight is 405 g/mol. The van der Waals surface area contributed by atoms with Gasteiger partial charge in [-0.2, -0.15) is 0 Å². The van der Waals surface area contributed by atoms with E-state index >= 15 is 0 Å². The number of unbranched alkanes of at least 4 members (excludes halogenated alkanes) is 1. The molecule has 0 atom stereocenters. The number of aromatic nitrogens is 3. The van der Waals surface area contributed by atoms with E-state index in [2.05, 4.69) is 35.5 Å². The van der Waals surface area contributed by atoms with E-state index in [1.54, 1.807) is 6.20 Å². The fourth-order valence-electron chi connectivity index (χ4n) is 3.75. The fraction of sp³-hybridized carbons (Fsp3) is 0.550. The highest BCUT2D eigenvalue weighted by molar-refractivity contribution is 7.91. The molecular weight excluding hydrogens is 376 g/mol. The van der Waals surface area contributed by atoms with Crippen LogP contribution in [0.2, 0.25) is 0 Å². The number of nitrogens with zero attached hydrogens (tertiary/aromatic N) is 3. The molecule has 28 heavy (non-hydrogen) atoms. The molecule has 0 radical (unpaired) electrons. The molecule has 1 aliphatic heterocycles. The van der Waals surface area contributed by atoms with Gasteiger partial charge in [0.1, 0.15) is 0 Å². The number of rotatable bonds is 6. The van der Waals surface area contributed by atoms with E-state index in [-0.39, 0.29) is 16.9 Å². The second kappa shape index (κ2) is 7.31. The summed E-state index contributed by atoms with van der Waals surface area (Å²) in [6, 6.07) is 1.89. The highest BCUT2D eigenvalue weighted by Gasteiger charge is 2.32. The Labute approximate surface area is 166 Å². The van der Waals surface area contributed by atoms with Crippen molar-refractivity contribution < 1.29 is 8.42 Å². The van der Waals surface area contributed by atoms with Crippen LogP contribution in [-0.4, -0.2) is 29.2 Å². The van der Waals surface area contributed by atoms with E-state index < -0.39 is 10.0 Å². The molecule has 0 spiro atoms. The van der Waals surface area contributed by atoms with Gasteiger partial charge in [-0.1, -0.05) is 27.2 Å². The van der Waals surface area contributed by atoms with Crippen LogP contribution in [0.1, 0.15) is 50.4 Å². The average Bonchev–Trinajstić information content (AvgIpc) is 2.91. The zero-order valence-electron chi connectivity index (χ0n) is 17.2. The number of fused-ring (bicyclic) bond motifs is 1. The van der Waals surface area contributed by atoms with Crippen molar-refractivity contribution in [1.82, 2.24) is 14.5 Å². The summed E-state index contributed by atoms with van der Waals surface area (Å²) in [6.07, 6.45) is 6.35. The number of nitrogens with one attached hydrogen (secondary N) is 1. The largest absolute Gasteiger partial charge is 0.311 e. The molecule has 0 saturated heterocycles. The fourth-order valence-corrected chi connectivity index (χ4v) is 4.18. The van der Waals surface area contributed by atoms with Crippen molar-refractivity contribution in [3.8, 4) is 11.3 Å². The topological polar surface area (TPSA) is 94.0 Å². The SMILES string of the molecule is CCCCc1cnc(NS(C)(=O)=O)nc1-c1cc(C)c(=O)n2c1CC(C)(C)C2. The summed E-state index contributed by atoms with van der Waals surface area (Å²) < 4.78 is 27.5. The molecule has 0 fully saturated rings. The van der Waals surface area contributed by atoms with Crippen molar-refractivity contribution in [3.05, 3.63) is 39.4 Å². The van der Waals surface area contributed by atoms with E-state index in [1.165, 1.54) is 0 Å². The van der Waals surface area contributed by atoms with Gasteiger partial charge in [-0.25, -0.2) is 18.4 Å². The lowest BCUT2D eigenvalue weighted by Crippen LogP contribution is -2.24. The van der Waals surface area contributed by atoms with Crippen molar-refractivity contribution in [1.29, 1.82) is 0 Å². The summed E-state index contributed by atoms with van der Waals surface area (Å²) >= 11 is 0. The molecule has 3 rings (SSSR count). The normalized spacial score (nSPS) is 15.5. The third-order valence-corrected chi connectivity index (χ3v) is 5.56. The van der Waals surface area contributed by atoms with Crippen LogP contribution in [0.15, 0.2) is 17.1 Å². The molecule has 7 nitrogen and oxygen atoms in total. The molecule has 152 valence electrons. The van der Waals surface area contributed by atoms with Crippen LogP contribution in [-0.2, 0) is 29.4 Å². The van der Waals surface area contributed by atoms with E-state index in [0.29, 0.717) is 17.8 Å². The van der Waals surface area contributed by atoms with Crippen molar-refractivity contribution in [2.75, 3.05) is 11.0 Å². The number of hydrogen-bond donors (Lipinski definition) is 1. The Morgan fingerprint density at radius 1 is 1.32 bits per heavy atom. The summed E-state index contributed by atoms with van der Waals surface area (Å²) in [5.41, 5.74) is 4.21. The highest BCUT2D eigenvalue weighted by Crippen LogP contribution is 2.37. The second-order valence-corrected chi connectivity index (χ2v) is 10.2. The van der Waals surface area contributed by atoms with Crippen LogP contribution >= 0.6 is 0 Å². The Bertz CT molecular complexity index is 1070. The number of anilines is 1.